The smallest absolute Gasteiger partial charge is 0.407 e. The Kier molecular flexibility index (Phi) is 2.95. The van der Waals surface area contributed by atoms with Crippen LogP contribution in [0.15, 0.2) is 10.5 Å². The van der Waals surface area contributed by atoms with Crippen molar-refractivity contribution < 1.29 is 13.9 Å². The third-order valence-electron chi connectivity index (χ3n) is 1.75. The molecule has 13 heavy (non-hydrogen) atoms. The second kappa shape index (κ2) is 3.98. The molecule has 1 rings (SSSR count). The SMILES string of the molecule is COC(=O)NCc1cc(C)oc1C. The Bertz CT molecular complexity index is 304. The third-order valence-corrected chi connectivity index (χ3v) is 1.75. The molecule has 0 bridgehead atoms. The Morgan fingerprint density at radius 3 is 2.77 bits per heavy atom. The second-order valence-electron chi connectivity index (χ2n) is 2.78. The van der Waals surface area contributed by atoms with Gasteiger partial charge in [0.1, 0.15) is 11.5 Å². The highest BCUT2D eigenvalue weighted by Gasteiger charge is 2.05. The molecule has 0 aliphatic carbocycles. The molecule has 0 aliphatic rings. The van der Waals surface area contributed by atoms with E-state index in [9.17, 15) is 4.79 Å². The number of carbonyl (C=O) groups is 1. The van der Waals surface area contributed by atoms with Gasteiger partial charge in [-0.15, -0.1) is 0 Å². The van der Waals surface area contributed by atoms with Gasteiger partial charge in [-0.2, -0.15) is 0 Å². The van der Waals surface area contributed by atoms with Gasteiger partial charge in [-0.1, -0.05) is 0 Å². The van der Waals surface area contributed by atoms with E-state index in [2.05, 4.69) is 10.1 Å². The number of alkyl carbamates (subject to hydrolysis) is 1. The molecule has 1 aromatic rings. The molecule has 4 nitrogen and oxygen atoms in total. The molecule has 1 N–H and O–H groups in total. The van der Waals surface area contributed by atoms with Gasteiger partial charge in [0.25, 0.3) is 0 Å². The van der Waals surface area contributed by atoms with Crippen molar-refractivity contribution in [3.63, 3.8) is 0 Å². The first-order chi connectivity index (χ1) is 6.13. The van der Waals surface area contributed by atoms with Crippen LogP contribution in [0.5, 0.6) is 0 Å². The lowest BCUT2D eigenvalue weighted by molar-refractivity contribution is 0.170. The summed E-state index contributed by atoms with van der Waals surface area (Å²) in [6, 6.07) is 1.89. The maximum atomic E-state index is 10.7. The number of hydrogen-bond donors (Lipinski definition) is 1. The number of nitrogens with one attached hydrogen (secondary N) is 1. The van der Waals surface area contributed by atoms with Crippen LogP contribution in [0.2, 0.25) is 0 Å². The molecule has 0 radical (unpaired) electrons. The molecule has 0 fully saturated rings. The summed E-state index contributed by atoms with van der Waals surface area (Å²) in [4.78, 5) is 10.7. The van der Waals surface area contributed by atoms with Crippen LogP contribution in [0, 0.1) is 13.8 Å². The average molecular weight is 183 g/mol. The Labute approximate surface area is 76.9 Å². The summed E-state index contributed by atoms with van der Waals surface area (Å²) >= 11 is 0. The van der Waals surface area contributed by atoms with Crippen molar-refractivity contribution in [1.29, 1.82) is 0 Å². The number of hydrogen-bond acceptors (Lipinski definition) is 3. The summed E-state index contributed by atoms with van der Waals surface area (Å²) in [5.41, 5.74) is 0.975. The maximum absolute atomic E-state index is 10.7. The Morgan fingerprint density at radius 2 is 2.31 bits per heavy atom. The van der Waals surface area contributed by atoms with E-state index in [0.29, 0.717) is 6.54 Å². The first-order valence-electron chi connectivity index (χ1n) is 4.01. The third kappa shape index (κ3) is 2.50. The van der Waals surface area contributed by atoms with Gasteiger partial charge in [0.15, 0.2) is 0 Å². The van der Waals surface area contributed by atoms with Gasteiger partial charge in [0.05, 0.1) is 7.11 Å². The van der Waals surface area contributed by atoms with Gasteiger partial charge in [-0.3, -0.25) is 0 Å². The molecule has 0 atom stereocenters. The van der Waals surface area contributed by atoms with E-state index in [1.165, 1.54) is 7.11 Å². The van der Waals surface area contributed by atoms with Crippen molar-refractivity contribution in [2.75, 3.05) is 7.11 Å². The normalized spacial score (nSPS) is 9.77. The number of carbonyl (C=O) groups excluding carboxylic acids is 1. The van der Waals surface area contributed by atoms with Crippen LogP contribution in [0.1, 0.15) is 17.1 Å². The molecular formula is C9H13NO3. The summed E-state index contributed by atoms with van der Waals surface area (Å²) in [5, 5.41) is 2.58. The molecule has 1 heterocycles. The molecule has 72 valence electrons. The summed E-state index contributed by atoms with van der Waals surface area (Å²) in [6.45, 7) is 4.17. The zero-order chi connectivity index (χ0) is 9.84. The van der Waals surface area contributed by atoms with E-state index in [1.54, 1.807) is 0 Å². The fourth-order valence-electron chi connectivity index (χ4n) is 1.10. The topological polar surface area (TPSA) is 51.5 Å². The van der Waals surface area contributed by atoms with Gasteiger partial charge in [-0.25, -0.2) is 4.79 Å². The van der Waals surface area contributed by atoms with Crippen LogP contribution < -0.4 is 5.32 Å². The van der Waals surface area contributed by atoms with E-state index in [0.717, 1.165) is 17.1 Å². The van der Waals surface area contributed by atoms with Crippen LogP contribution in [0.3, 0.4) is 0 Å². The minimum Gasteiger partial charge on any atom is -0.466 e. The van der Waals surface area contributed by atoms with Gasteiger partial charge >= 0.3 is 6.09 Å². The molecular weight excluding hydrogens is 170 g/mol. The summed E-state index contributed by atoms with van der Waals surface area (Å²) in [6.07, 6.45) is -0.432. The van der Waals surface area contributed by atoms with Crippen LogP contribution >= 0.6 is 0 Å². The van der Waals surface area contributed by atoms with E-state index >= 15 is 0 Å². The van der Waals surface area contributed by atoms with Crippen molar-refractivity contribution in [2.24, 2.45) is 0 Å². The molecule has 0 spiro atoms. The number of amides is 1. The Hall–Kier alpha value is -1.45. The summed E-state index contributed by atoms with van der Waals surface area (Å²) < 4.78 is 9.73. The lowest BCUT2D eigenvalue weighted by Crippen LogP contribution is -2.22. The van der Waals surface area contributed by atoms with Gasteiger partial charge in [-0.05, 0) is 19.9 Å². The minimum absolute atomic E-state index is 0.432. The summed E-state index contributed by atoms with van der Waals surface area (Å²) in [7, 11) is 1.34. The number of aryl methyl sites for hydroxylation is 2. The maximum Gasteiger partial charge on any atom is 0.407 e. The molecule has 0 aliphatic heterocycles. The van der Waals surface area contributed by atoms with Crippen LogP contribution in [-0.2, 0) is 11.3 Å². The largest absolute Gasteiger partial charge is 0.466 e. The standard InChI is InChI=1S/C9H13NO3/c1-6-4-8(7(2)13-6)5-10-9(11)12-3/h4H,5H2,1-3H3,(H,10,11). The average Bonchev–Trinajstić information content (AvgIpc) is 2.41. The monoisotopic (exact) mass is 183 g/mol. The van der Waals surface area contributed by atoms with Crippen molar-refractivity contribution >= 4 is 6.09 Å². The quantitative estimate of drug-likeness (QED) is 0.759. The van der Waals surface area contributed by atoms with Crippen molar-refractivity contribution in [2.45, 2.75) is 20.4 Å². The predicted octanol–water partition coefficient (Wildman–Crippen LogP) is 1.75. The van der Waals surface area contributed by atoms with Crippen molar-refractivity contribution in [1.82, 2.24) is 5.32 Å². The van der Waals surface area contributed by atoms with E-state index in [1.807, 2.05) is 19.9 Å². The van der Waals surface area contributed by atoms with E-state index in [-0.39, 0.29) is 0 Å². The van der Waals surface area contributed by atoms with Crippen LogP contribution in [-0.4, -0.2) is 13.2 Å². The van der Waals surface area contributed by atoms with Gasteiger partial charge in [0.2, 0.25) is 0 Å². The van der Waals surface area contributed by atoms with Crippen LogP contribution in [0.25, 0.3) is 0 Å². The zero-order valence-corrected chi connectivity index (χ0v) is 8.01. The highest BCUT2D eigenvalue weighted by molar-refractivity contribution is 5.66. The van der Waals surface area contributed by atoms with E-state index < -0.39 is 6.09 Å². The minimum atomic E-state index is -0.432. The second-order valence-corrected chi connectivity index (χ2v) is 2.78. The van der Waals surface area contributed by atoms with Crippen LogP contribution in [0.4, 0.5) is 4.79 Å². The van der Waals surface area contributed by atoms with Crippen molar-refractivity contribution in [3.8, 4) is 0 Å². The fraction of sp³-hybridized carbons (Fsp3) is 0.444. The van der Waals surface area contributed by atoms with E-state index in [4.69, 9.17) is 4.42 Å². The molecule has 0 saturated heterocycles. The first kappa shape index (κ1) is 9.64. The van der Waals surface area contributed by atoms with Gasteiger partial charge < -0.3 is 14.5 Å². The molecule has 1 amide bonds. The Balaban J connectivity index is 2.54. The van der Waals surface area contributed by atoms with Crippen molar-refractivity contribution in [3.05, 3.63) is 23.2 Å². The number of methoxy groups -OCH3 is 1. The highest BCUT2D eigenvalue weighted by atomic mass is 16.5. The number of ether oxygens (including phenoxy) is 1. The summed E-state index contributed by atoms with van der Waals surface area (Å²) in [5.74, 6) is 1.67. The van der Waals surface area contributed by atoms with Gasteiger partial charge in [0, 0.05) is 12.1 Å². The Morgan fingerprint density at radius 1 is 1.62 bits per heavy atom. The highest BCUT2D eigenvalue weighted by Crippen LogP contribution is 2.12. The molecule has 4 heteroatoms. The number of furan rings is 1. The predicted molar refractivity (Wildman–Crippen MR) is 47.4 cm³/mol. The number of rotatable bonds is 2. The fourth-order valence-corrected chi connectivity index (χ4v) is 1.10. The first-order valence-corrected chi connectivity index (χ1v) is 4.01. The lowest BCUT2D eigenvalue weighted by Gasteiger charge is -2.01. The molecule has 0 aromatic carbocycles. The zero-order valence-electron chi connectivity index (χ0n) is 8.01. The molecule has 0 saturated carbocycles. The molecule has 0 unspecified atom stereocenters. The lowest BCUT2D eigenvalue weighted by atomic mass is 10.2. The molecule has 1 aromatic heterocycles.